The Kier molecular flexibility index (Phi) is 6.49. The van der Waals surface area contributed by atoms with E-state index in [1.54, 1.807) is 13.8 Å². The first kappa shape index (κ1) is 22.9. The highest BCUT2D eigenvalue weighted by molar-refractivity contribution is 7.89. The summed E-state index contributed by atoms with van der Waals surface area (Å²) in [5, 5.41) is 2.66. The maximum absolute atomic E-state index is 14.2. The van der Waals surface area contributed by atoms with Crippen LogP contribution in [0.25, 0.3) is 11.1 Å². The van der Waals surface area contributed by atoms with Gasteiger partial charge in [-0.2, -0.15) is 0 Å². The van der Waals surface area contributed by atoms with E-state index in [9.17, 15) is 17.6 Å². The van der Waals surface area contributed by atoms with E-state index in [1.807, 2.05) is 36.4 Å². The van der Waals surface area contributed by atoms with E-state index in [0.29, 0.717) is 6.61 Å². The number of carbonyl (C=O) groups is 1. The highest BCUT2D eigenvalue weighted by Crippen LogP contribution is 2.30. The van der Waals surface area contributed by atoms with Crippen LogP contribution in [-0.4, -0.2) is 27.0 Å². The normalized spacial score (nSPS) is 13.0. The maximum atomic E-state index is 14.2. The van der Waals surface area contributed by atoms with Crippen molar-refractivity contribution < 1.29 is 22.3 Å². The van der Waals surface area contributed by atoms with Gasteiger partial charge in [0.25, 0.3) is 5.91 Å². The van der Waals surface area contributed by atoms with Crippen molar-refractivity contribution in [3.63, 3.8) is 0 Å². The first-order chi connectivity index (χ1) is 15.7. The lowest BCUT2D eigenvalue weighted by molar-refractivity contribution is 0.0946. The molecule has 172 valence electrons. The molecule has 1 amide bonds. The number of benzene rings is 3. The van der Waals surface area contributed by atoms with E-state index in [1.165, 1.54) is 5.56 Å². The lowest BCUT2D eigenvalue weighted by Gasteiger charge is -2.12. The topological polar surface area (TPSA) is 84.5 Å². The summed E-state index contributed by atoms with van der Waals surface area (Å²) >= 11 is 0. The van der Waals surface area contributed by atoms with Crippen LogP contribution in [0, 0.1) is 5.82 Å². The van der Waals surface area contributed by atoms with Gasteiger partial charge in [-0.1, -0.05) is 30.3 Å². The molecule has 0 saturated heterocycles. The van der Waals surface area contributed by atoms with E-state index in [4.69, 9.17) is 4.74 Å². The zero-order valence-electron chi connectivity index (χ0n) is 18.4. The molecule has 6 nitrogen and oxygen atoms in total. The summed E-state index contributed by atoms with van der Waals surface area (Å²) in [5.41, 5.74) is 3.84. The van der Waals surface area contributed by atoms with E-state index >= 15 is 0 Å². The van der Waals surface area contributed by atoms with Crippen molar-refractivity contribution in [1.82, 2.24) is 10.0 Å². The second-order valence-corrected chi connectivity index (χ2v) is 9.93. The quantitative estimate of drug-likeness (QED) is 0.548. The predicted molar refractivity (Wildman–Crippen MR) is 124 cm³/mol. The minimum atomic E-state index is -3.84. The van der Waals surface area contributed by atoms with Crippen LogP contribution in [0.1, 0.15) is 35.3 Å². The van der Waals surface area contributed by atoms with Gasteiger partial charge < -0.3 is 10.1 Å². The Bertz CT molecular complexity index is 1290. The Morgan fingerprint density at radius 2 is 1.76 bits per heavy atom. The molecule has 0 radical (unpaired) electrons. The Labute approximate surface area is 192 Å². The number of carbonyl (C=O) groups excluding carboxylic acids is 1. The summed E-state index contributed by atoms with van der Waals surface area (Å²) in [6.45, 7) is 4.25. The van der Waals surface area contributed by atoms with Crippen LogP contribution in [0.3, 0.4) is 0 Å². The molecule has 1 heterocycles. The molecule has 3 aromatic carbocycles. The zero-order chi connectivity index (χ0) is 23.6. The molecule has 1 aliphatic heterocycles. The van der Waals surface area contributed by atoms with Crippen LogP contribution in [0.15, 0.2) is 65.6 Å². The van der Waals surface area contributed by atoms with Gasteiger partial charge in [-0.3, -0.25) is 4.79 Å². The summed E-state index contributed by atoms with van der Waals surface area (Å²) in [7, 11) is -3.84. The molecule has 0 unspecified atom stereocenters. The lowest BCUT2D eigenvalue weighted by atomic mass is 10.0. The van der Waals surface area contributed by atoms with Crippen molar-refractivity contribution in [2.75, 3.05) is 6.61 Å². The summed E-state index contributed by atoms with van der Waals surface area (Å²) in [6, 6.07) is 16.7. The van der Waals surface area contributed by atoms with Crippen LogP contribution >= 0.6 is 0 Å². The first-order valence-corrected chi connectivity index (χ1v) is 12.2. The summed E-state index contributed by atoms with van der Waals surface area (Å²) < 4.78 is 46.9. The molecule has 0 spiro atoms. The molecule has 0 fully saturated rings. The Morgan fingerprint density at radius 3 is 2.48 bits per heavy atom. The Balaban J connectivity index is 1.44. The van der Waals surface area contributed by atoms with Crippen LogP contribution in [0.2, 0.25) is 0 Å². The third kappa shape index (κ3) is 5.23. The van der Waals surface area contributed by atoms with E-state index in [-0.39, 0.29) is 23.0 Å². The van der Waals surface area contributed by atoms with Crippen LogP contribution in [-0.2, 0) is 23.0 Å². The number of rotatable bonds is 7. The van der Waals surface area contributed by atoms with E-state index < -0.39 is 21.7 Å². The number of ether oxygens (including phenoxy) is 1. The number of nitrogens with one attached hydrogen (secondary N) is 2. The van der Waals surface area contributed by atoms with Gasteiger partial charge in [-0.05, 0) is 66.4 Å². The molecule has 1 aliphatic rings. The van der Waals surface area contributed by atoms with Gasteiger partial charge in [0.1, 0.15) is 11.6 Å². The van der Waals surface area contributed by atoms with Gasteiger partial charge in [0.2, 0.25) is 10.0 Å². The van der Waals surface area contributed by atoms with Crippen molar-refractivity contribution >= 4 is 15.9 Å². The monoisotopic (exact) mass is 468 g/mol. The molecule has 2 N–H and O–H groups in total. The van der Waals surface area contributed by atoms with Gasteiger partial charge in [0, 0.05) is 19.0 Å². The molecule has 0 saturated carbocycles. The van der Waals surface area contributed by atoms with Crippen LogP contribution in [0.5, 0.6) is 5.75 Å². The van der Waals surface area contributed by atoms with E-state index in [0.717, 1.165) is 47.1 Å². The summed E-state index contributed by atoms with van der Waals surface area (Å²) in [6.07, 6.45) is 0.903. The summed E-state index contributed by atoms with van der Waals surface area (Å²) in [4.78, 5) is 12.4. The number of amides is 1. The molecule has 0 aliphatic carbocycles. The minimum Gasteiger partial charge on any atom is -0.493 e. The largest absolute Gasteiger partial charge is 0.493 e. The standard InChI is InChI=1S/C25H25FN2O4S/c1-16(2)28-33(30,31)21-8-9-23(26)22(14-21)25(29)27-15-17-3-5-18(6-4-17)19-7-10-24-20(13-19)11-12-32-24/h3-10,13-14,16,28H,11-12,15H2,1-2H3,(H,27,29). The molecular formula is C25H25FN2O4S. The number of halogens is 1. The predicted octanol–water partition coefficient (Wildman–Crippen LogP) is 4.04. The Morgan fingerprint density at radius 1 is 1.03 bits per heavy atom. The lowest BCUT2D eigenvalue weighted by Crippen LogP contribution is -2.31. The van der Waals surface area contributed by atoms with Crippen molar-refractivity contribution in [1.29, 1.82) is 0 Å². The zero-order valence-corrected chi connectivity index (χ0v) is 19.2. The second kappa shape index (κ2) is 9.33. The number of hydrogen-bond donors (Lipinski definition) is 2. The highest BCUT2D eigenvalue weighted by atomic mass is 32.2. The average molecular weight is 469 g/mol. The Hall–Kier alpha value is -3.23. The number of fused-ring (bicyclic) bond motifs is 1. The van der Waals surface area contributed by atoms with Crippen molar-refractivity contribution in [2.24, 2.45) is 0 Å². The molecule has 8 heteroatoms. The second-order valence-electron chi connectivity index (χ2n) is 8.22. The van der Waals surface area contributed by atoms with Crippen LogP contribution < -0.4 is 14.8 Å². The third-order valence-electron chi connectivity index (χ3n) is 5.31. The van der Waals surface area contributed by atoms with Crippen molar-refractivity contribution in [3.05, 3.63) is 83.2 Å². The SMILES string of the molecule is CC(C)NS(=O)(=O)c1ccc(F)c(C(=O)NCc2ccc(-c3ccc4c(c3)CCO4)cc2)c1. The van der Waals surface area contributed by atoms with Crippen molar-refractivity contribution in [3.8, 4) is 16.9 Å². The molecule has 3 aromatic rings. The fourth-order valence-electron chi connectivity index (χ4n) is 3.68. The van der Waals surface area contributed by atoms with Crippen LogP contribution in [0.4, 0.5) is 4.39 Å². The average Bonchev–Trinajstić information content (AvgIpc) is 3.25. The number of sulfonamides is 1. The molecule has 0 bridgehead atoms. The van der Waals surface area contributed by atoms with Gasteiger partial charge in [-0.25, -0.2) is 17.5 Å². The van der Waals surface area contributed by atoms with Gasteiger partial charge in [0.05, 0.1) is 17.1 Å². The molecule has 4 rings (SSSR count). The van der Waals surface area contributed by atoms with Crippen molar-refractivity contribution in [2.45, 2.75) is 37.8 Å². The molecule has 33 heavy (non-hydrogen) atoms. The van der Waals surface area contributed by atoms with Gasteiger partial charge >= 0.3 is 0 Å². The summed E-state index contributed by atoms with van der Waals surface area (Å²) in [5.74, 6) is -0.536. The fraction of sp³-hybridized carbons (Fsp3) is 0.240. The molecule has 0 atom stereocenters. The van der Waals surface area contributed by atoms with E-state index in [2.05, 4.69) is 16.1 Å². The number of hydrogen-bond acceptors (Lipinski definition) is 4. The molecular weight excluding hydrogens is 443 g/mol. The smallest absolute Gasteiger partial charge is 0.254 e. The van der Waals surface area contributed by atoms with Gasteiger partial charge in [0.15, 0.2) is 0 Å². The third-order valence-corrected chi connectivity index (χ3v) is 6.97. The maximum Gasteiger partial charge on any atom is 0.254 e. The minimum absolute atomic E-state index is 0.160. The highest BCUT2D eigenvalue weighted by Gasteiger charge is 2.20. The first-order valence-electron chi connectivity index (χ1n) is 10.7. The fourth-order valence-corrected chi connectivity index (χ4v) is 4.96. The molecule has 0 aromatic heterocycles. The van der Waals surface area contributed by atoms with Gasteiger partial charge in [-0.15, -0.1) is 0 Å².